The Morgan fingerprint density at radius 2 is 2.18 bits per heavy atom. The Bertz CT molecular complexity index is 389. The van der Waals surface area contributed by atoms with Gasteiger partial charge in [0.2, 0.25) is 0 Å². The lowest BCUT2D eigenvalue weighted by Crippen LogP contribution is -2.57. The monoisotopic (exact) mass is 234 g/mol. The van der Waals surface area contributed by atoms with Crippen molar-refractivity contribution >= 4 is 5.82 Å². The van der Waals surface area contributed by atoms with E-state index in [0.29, 0.717) is 6.54 Å². The van der Waals surface area contributed by atoms with Crippen LogP contribution in [0.3, 0.4) is 0 Å². The van der Waals surface area contributed by atoms with Gasteiger partial charge in [-0.25, -0.2) is 4.98 Å². The summed E-state index contributed by atoms with van der Waals surface area (Å²) in [7, 11) is 2.18. The number of aromatic nitrogens is 1. The van der Waals surface area contributed by atoms with E-state index in [0.717, 1.165) is 31.0 Å². The first-order valence-corrected chi connectivity index (χ1v) is 6.14. The third kappa shape index (κ3) is 2.58. The van der Waals surface area contributed by atoms with Crippen molar-refractivity contribution in [1.82, 2.24) is 9.88 Å². The third-order valence-corrected chi connectivity index (χ3v) is 3.69. The predicted molar refractivity (Wildman–Crippen MR) is 71.1 cm³/mol. The van der Waals surface area contributed by atoms with Crippen molar-refractivity contribution in [3.05, 3.63) is 23.9 Å². The average molecular weight is 234 g/mol. The van der Waals surface area contributed by atoms with Gasteiger partial charge in [-0.05, 0) is 38.6 Å². The summed E-state index contributed by atoms with van der Waals surface area (Å²) < 4.78 is 0. The van der Waals surface area contributed by atoms with Crippen LogP contribution in [-0.2, 0) is 6.54 Å². The van der Waals surface area contributed by atoms with Crippen LogP contribution >= 0.6 is 0 Å². The Kier molecular flexibility index (Phi) is 3.35. The summed E-state index contributed by atoms with van der Waals surface area (Å²) in [6.07, 6.45) is 1.85. The van der Waals surface area contributed by atoms with Crippen LogP contribution in [-0.4, -0.2) is 42.1 Å². The summed E-state index contributed by atoms with van der Waals surface area (Å²) in [4.78, 5) is 9.20. The van der Waals surface area contributed by atoms with Crippen LogP contribution in [0.4, 0.5) is 5.82 Å². The van der Waals surface area contributed by atoms with Crippen molar-refractivity contribution in [2.45, 2.75) is 25.9 Å². The summed E-state index contributed by atoms with van der Waals surface area (Å²) in [5.41, 5.74) is 7.01. The average Bonchev–Trinajstić information content (AvgIpc) is 2.32. The molecule has 94 valence electrons. The molecule has 0 aliphatic carbocycles. The number of nitrogens with two attached hydrogens (primary N) is 1. The van der Waals surface area contributed by atoms with Gasteiger partial charge >= 0.3 is 0 Å². The molecule has 0 atom stereocenters. The molecule has 4 nitrogen and oxygen atoms in total. The van der Waals surface area contributed by atoms with Crippen LogP contribution in [0.5, 0.6) is 0 Å². The maximum Gasteiger partial charge on any atom is 0.128 e. The molecule has 0 spiro atoms. The molecule has 1 aromatic rings. The molecular formula is C13H22N4. The van der Waals surface area contributed by atoms with E-state index in [-0.39, 0.29) is 5.54 Å². The molecule has 17 heavy (non-hydrogen) atoms. The van der Waals surface area contributed by atoms with Gasteiger partial charge in [0.1, 0.15) is 5.82 Å². The highest BCUT2D eigenvalue weighted by Gasteiger charge is 2.31. The van der Waals surface area contributed by atoms with Crippen molar-refractivity contribution < 1.29 is 0 Å². The van der Waals surface area contributed by atoms with Crippen LogP contribution in [0.15, 0.2) is 18.3 Å². The number of piperazine rings is 1. The molecule has 1 fully saturated rings. The molecule has 0 aromatic carbocycles. The molecule has 0 saturated carbocycles. The topological polar surface area (TPSA) is 45.4 Å². The Morgan fingerprint density at radius 1 is 1.41 bits per heavy atom. The van der Waals surface area contributed by atoms with Crippen molar-refractivity contribution in [3.8, 4) is 0 Å². The zero-order valence-electron chi connectivity index (χ0n) is 11.0. The van der Waals surface area contributed by atoms with E-state index in [4.69, 9.17) is 5.73 Å². The molecular weight excluding hydrogens is 212 g/mol. The van der Waals surface area contributed by atoms with E-state index in [1.54, 1.807) is 0 Å². The van der Waals surface area contributed by atoms with E-state index in [9.17, 15) is 0 Å². The van der Waals surface area contributed by atoms with Gasteiger partial charge in [-0.1, -0.05) is 0 Å². The van der Waals surface area contributed by atoms with Crippen LogP contribution in [0.2, 0.25) is 0 Å². The Labute approximate surface area is 103 Å². The van der Waals surface area contributed by atoms with Crippen molar-refractivity contribution in [3.63, 3.8) is 0 Å². The molecule has 0 radical (unpaired) electrons. The van der Waals surface area contributed by atoms with Crippen LogP contribution in [0, 0.1) is 0 Å². The number of rotatable bonds is 2. The first-order chi connectivity index (χ1) is 8.03. The van der Waals surface area contributed by atoms with Crippen molar-refractivity contribution in [2.24, 2.45) is 5.73 Å². The highest BCUT2D eigenvalue weighted by Crippen LogP contribution is 2.23. The first-order valence-electron chi connectivity index (χ1n) is 6.14. The molecule has 2 heterocycles. The summed E-state index contributed by atoms with van der Waals surface area (Å²) >= 11 is 0. The number of anilines is 1. The molecule has 0 bridgehead atoms. The molecule has 1 saturated heterocycles. The Morgan fingerprint density at radius 3 is 2.82 bits per heavy atom. The standard InChI is InChI=1S/C13H22N4/c1-13(2)10-17(7-6-16(13)3)12-8-11(9-14)4-5-15-12/h4-5,8H,6-7,9-10,14H2,1-3H3. The summed E-state index contributed by atoms with van der Waals surface area (Å²) in [5, 5.41) is 0. The number of nitrogens with zero attached hydrogens (tertiary/aromatic N) is 3. The minimum Gasteiger partial charge on any atom is -0.353 e. The maximum atomic E-state index is 5.67. The fourth-order valence-electron chi connectivity index (χ4n) is 2.20. The lowest BCUT2D eigenvalue weighted by molar-refractivity contribution is 0.138. The third-order valence-electron chi connectivity index (χ3n) is 3.69. The fourth-order valence-corrected chi connectivity index (χ4v) is 2.20. The normalized spacial score (nSPS) is 20.6. The predicted octanol–water partition coefficient (Wildman–Crippen LogP) is 1.07. The quantitative estimate of drug-likeness (QED) is 0.831. The van der Waals surface area contributed by atoms with E-state index in [1.807, 2.05) is 12.3 Å². The maximum absolute atomic E-state index is 5.67. The Balaban J connectivity index is 2.17. The van der Waals surface area contributed by atoms with Gasteiger partial charge in [0.25, 0.3) is 0 Å². The minimum absolute atomic E-state index is 0.193. The second-order valence-electron chi connectivity index (χ2n) is 5.38. The van der Waals surface area contributed by atoms with Gasteiger partial charge in [0.05, 0.1) is 0 Å². The SMILES string of the molecule is CN1CCN(c2cc(CN)ccn2)CC1(C)C. The lowest BCUT2D eigenvalue weighted by atomic mass is 10.00. The van der Waals surface area contributed by atoms with E-state index < -0.39 is 0 Å². The minimum atomic E-state index is 0.193. The second kappa shape index (κ2) is 4.63. The molecule has 2 N–H and O–H groups in total. The van der Waals surface area contributed by atoms with Crippen LogP contribution < -0.4 is 10.6 Å². The second-order valence-corrected chi connectivity index (χ2v) is 5.38. The Hall–Kier alpha value is -1.13. The molecule has 1 aliphatic rings. The van der Waals surface area contributed by atoms with Crippen molar-refractivity contribution in [1.29, 1.82) is 0 Å². The number of pyridine rings is 1. The summed E-state index contributed by atoms with van der Waals surface area (Å²) in [5.74, 6) is 1.05. The fraction of sp³-hybridized carbons (Fsp3) is 0.615. The smallest absolute Gasteiger partial charge is 0.128 e. The molecule has 1 aromatic heterocycles. The zero-order chi connectivity index (χ0) is 12.5. The van der Waals surface area contributed by atoms with E-state index in [2.05, 4.69) is 41.7 Å². The number of hydrogen-bond acceptors (Lipinski definition) is 4. The first kappa shape index (κ1) is 12.3. The lowest BCUT2D eigenvalue weighted by Gasteiger charge is -2.45. The molecule has 0 unspecified atom stereocenters. The highest BCUT2D eigenvalue weighted by molar-refractivity contribution is 5.42. The van der Waals surface area contributed by atoms with Gasteiger partial charge in [-0.2, -0.15) is 0 Å². The van der Waals surface area contributed by atoms with E-state index >= 15 is 0 Å². The van der Waals surface area contributed by atoms with E-state index in [1.165, 1.54) is 0 Å². The summed E-state index contributed by atoms with van der Waals surface area (Å²) in [6, 6.07) is 4.08. The van der Waals surface area contributed by atoms with Gasteiger partial charge < -0.3 is 10.6 Å². The van der Waals surface area contributed by atoms with Crippen LogP contribution in [0.25, 0.3) is 0 Å². The molecule has 0 amide bonds. The van der Waals surface area contributed by atoms with Gasteiger partial charge in [-0.3, -0.25) is 4.90 Å². The number of hydrogen-bond donors (Lipinski definition) is 1. The largest absolute Gasteiger partial charge is 0.353 e. The van der Waals surface area contributed by atoms with Gasteiger partial charge in [-0.15, -0.1) is 0 Å². The molecule has 4 heteroatoms. The molecule has 1 aliphatic heterocycles. The molecule has 2 rings (SSSR count). The highest BCUT2D eigenvalue weighted by atomic mass is 15.3. The van der Waals surface area contributed by atoms with Crippen molar-refractivity contribution in [2.75, 3.05) is 31.6 Å². The van der Waals surface area contributed by atoms with Crippen LogP contribution in [0.1, 0.15) is 19.4 Å². The number of likely N-dealkylation sites (N-methyl/N-ethyl adjacent to an activating group) is 1. The van der Waals surface area contributed by atoms with Gasteiger partial charge in [0, 0.05) is 37.9 Å². The zero-order valence-corrected chi connectivity index (χ0v) is 11.0. The van der Waals surface area contributed by atoms with Gasteiger partial charge in [0.15, 0.2) is 0 Å². The summed E-state index contributed by atoms with van der Waals surface area (Å²) in [6.45, 7) is 8.22.